The highest BCUT2D eigenvalue weighted by Crippen LogP contribution is 2.28. The van der Waals surface area contributed by atoms with E-state index in [2.05, 4.69) is 38.2 Å². The van der Waals surface area contributed by atoms with Crippen LogP contribution in [0.5, 0.6) is 5.75 Å². The van der Waals surface area contributed by atoms with Gasteiger partial charge in [0.2, 0.25) is 5.91 Å². The number of nitrogens with zero attached hydrogens (tertiary/aromatic N) is 3. The van der Waals surface area contributed by atoms with Gasteiger partial charge in [-0.3, -0.25) is 9.69 Å². The Kier molecular flexibility index (Phi) is 6.74. The summed E-state index contributed by atoms with van der Waals surface area (Å²) in [6, 6.07) is 16.4. The standard InChI is InChI=1S/C24H32N4O2/c1-30-23-8-4-3-7-22(23)28-17-15-26(16-18-28)19-24(29)25-20-9-11-21(12-10-20)27-13-5-2-6-14-27/h3-4,7-12H,2,5-6,13-19H2,1H3,(H,25,29). The molecule has 2 saturated heterocycles. The number of nitrogens with one attached hydrogen (secondary N) is 1. The fourth-order valence-electron chi connectivity index (χ4n) is 4.35. The summed E-state index contributed by atoms with van der Waals surface area (Å²) < 4.78 is 5.48. The van der Waals surface area contributed by atoms with Crippen molar-refractivity contribution in [2.24, 2.45) is 0 Å². The van der Waals surface area contributed by atoms with Gasteiger partial charge in [-0.2, -0.15) is 0 Å². The van der Waals surface area contributed by atoms with Crippen LogP contribution in [0.4, 0.5) is 17.1 Å². The van der Waals surface area contributed by atoms with E-state index < -0.39 is 0 Å². The Morgan fingerprint density at radius 3 is 2.27 bits per heavy atom. The van der Waals surface area contributed by atoms with Crippen LogP contribution in [0.1, 0.15) is 19.3 Å². The molecule has 2 fully saturated rings. The Labute approximate surface area is 179 Å². The first-order chi connectivity index (χ1) is 14.7. The second-order valence-electron chi connectivity index (χ2n) is 8.08. The highest BCUT2D eigenvalue weighted by molar-refractivity contribution is 5.92. The van der Waals surface area contributed by atoms with E-state index in [1.165, 1.54) is 24.9 Å². The maximum absolute atomic E-state index is 12.5. The first kappa shape index (κ1) is 20.5. The SMILES string of the molecule is COc1ccccc1N1CCN(CC(=O)Nc2ccc(N3CCCCC3)cc2)CC1. The highest BCUT2D eigenvalue weighted by Gasteiger charge is 2.21. The number of amides is 1. The Balaban J connectivity index is 1.25. The number of rotatable bonds is 6. The van der Waals surface area contributed by atoms with Gasteiger partial charge in [0, 0.05) is 50.6 Å². The summed E-state index contributed by atoms with van der Waals surface area (Å²) in [6.07, 6.45) is 3.86. The van der Waals surface area contributed by atoms with Crippen LogP contribution in [-0.2, 0) is 4.79 Å². The van der Waals surface area contributed by atoms with Gasteiger partial charge in [-0.1, -0.05) is 12.1 Å². The molecule has 1 N–H and O–H groups in total. The number of carbonyl (C=O) groups excluding carboxylic acids is 1. The normalized spacial score (nSPS) is 17.6. The highest BCUT2D eigenvalue weighted by atomic mass is 16.5. The summed E-state index contributed by atoms with van der Waals surface area (Å²) in [4.78, 5) is 19.5. The summed E-state index contributed by atoms with van der Waals surface area (Å²) in [5, 5.41) is 3.05. The molecule has 0 aliphatic carbocycles. The van der Waals surface area contributed by atoms with Crippen molar-refractivity contribution < 1.29 is 9.53 Å². The zero-order valence-electron chi connectivity index (χ0n) is 17.8. The predicted molar refractivity (Wildman–Crippen MR) is 123 cm³/mol. The maximum atomic E-state index is 12.5. The molecule has 1 amide bonds. The summed E-state index contributed by atoms with van der Waals surface area (Å²) in [5.41, 5.74) is 3.24. The third-order valence-corrected chi connectivity index (χ3v) is 6.04. The van der Waals surface area contributed by atoms with Crippen molar-refractivity contribution in [3.8, 4) is 5.75 Å². The second kappa shape index (κ2) is 9.85. The molecule has 0 radical (unpaired) electrons. The Morgan fingerprint density at radius 2 is 1.57 bits per heavy atom. The molecule has 4 rings (SSSR count). The van der Waals surface area contributed by atoms with Gasteiger partial charge in [0.25, 0.3) is 0 Å². The lowest BCUT2D eigenvalue weighted by molar-refractivity contribution is -0.117. The van der Waals surface area contributed by atoms with Crippen LogP contribution in [0.25, 0.3) is 0 Å². The zero-order chi connectivity index (χ0) is 20.8. The number of anilines is 3. The van der Waals surface area contributed by atoms with E-state index in [1.807, 2.05) is 30.3 Å². The van der Waals surface area contributed by atoms with Gasteiger partial charge in [-0.15, -0.1) is 0 Å². The van der Waals surface area contributed by atoms with Gasteiger partial charge in [0.15, 0.2) is 0 Å². The number of carbonyl (C=O) groups is 1. The van der Waals surface area contributed by atoms with Gasteiger partial charge in [-0.05, 0) is 55.7 Å². The molecule has 160 valence electrons. The van der Waals surface area contributed by atoms with Crippen LogP contribution in [0.3, 0.4) is 0 Å². The molecule has 2 aliphatic heterocycles. The van der Waals surface area contributed by atoms with E-state index in [1.54, 1.807) is 7.11 Å². The van der Waals surface area contributed by atoms with E-state index in [-0.39, 0.29) is 5.91 Å². The van der Waals surface area contributed by atoms with Crippen molar-refractivity contribution in [3.63, 3.8) is 0 Å². The van der Waals surface area contributed by atoms with Crippen molar-refractivity contribution in [2.45, 2.75) is 19.3 Å². The number of methoxy groups -OCH3 is 1. The van der Waals surface area contributed by atoms with Crippen LogP contribution in [-0.4, -0.2) is 63.7 Å². The third kappa shape index (κ3) is 5.05. The second-order valence-corrected chi connectivity index (χ2v) is 8.08. The van der Waals surface area contributed by atoms with Crippen molar-refractivity contribution in [1.29, 1.82) is 0 Å². The summed E-state index contributed by atoms with van der Waals surface area (Å²) >= 11 is 0. The Hall–Kier alpha value is -2.73. The van der Waals surface area contributed by atoms with Gasteiger partial charge < -0.3 is 19.9 Å². The number of piperazine rings is 1. The van der Waals surface area contributed by atoms with Crippen molar-refractivity contribution in [1.82, 2.24) is 4.90 Å². The number of piperidine rings is 1. The van der Waals surface area contributed by atoms with E-state index in [0.29, 0.717) is 6.54 Å². The lowest BCUT2D eigenvalue weighted by Gasteiger charge is -2.36. The van der Waals surface area contributed by atoms with E-state index in [4.69, 9.17) is 4.74 Å². The number of hydrogen-bond donors (Lipinski definition) is 1. The van der Waals surface area contributed by atoms with Gasteiger partial charge in [0.1, 0.15) is 5.75 Å². The molecule has 6 nitrogen and oxygen atoms in total. The molecule has 0 spiro atoms. The molecule has 0 unspecified atom stereocenters. The van der Waals surface area contributed by atoms with Crippen LogP contribution in [0.2, 0.25) is 0 Å². The molecule has 30 heavy (non-hydrogen) atoms. The maximum Gasteiger partial charge on any atom is 0.238 e. The van der Waals surface area contributed by atoms with Crippen molar-refractivity contribution in [2.75, 3.05) is 68.0 Å². The predicted octanol–water partition coefficient (Wildman–Crippen LogP) is 3.45. The first-order valence-corrected chi connectivity index (χ1v) is 11.0. The quantitative estimate of drug-likeness (QED) is 0.793. The Bertz CT molecular complexity index is 825. The first-order valence-electron chi connectivity index (χ1n) is 11.0. The minimum absolute atomic E-state index is 0.0477. The van der Waals surface area contributed by atoms with E-state index in [0.717, 1.165) is 56.4 Å². The summed E-state index contributed by atoms with van der Waals surface area (Å²) in [6.45, 7) is 6.18. The number of benzene rings is 2. The number of para-hydroxylation sites is 2. The van der Waals surface area contributed by atoms with Crippen LogP contribution in [0.15, 0.2) is 48.5 Å². The minimum atomic E-state index is 0.0477. The molecule has 2 aromatic carbocycles. The van der Waals surface area contributed by atoms with E-state index >= 15 is 0 Å². The molecule has 0 atom stereocenters. The fourth-order valence-corrected chi connectivity index (χ4v) is 4.35. The van der Waals surface area contributed by atoms with E-state index in [9.17, 15) is 4.79 Å². The monoisotopic (exact) mass is 408 g/mol. The third-order valence-electron chi connectivity index (χ3n) is 6.04. The number of ether oxygens (including phenoxy) is 1. The smallest absolute Gasteiger partial charge is 0.238 e. The van der Waals surface area contributed by atoms with Gasteiger partial charge in [0.05, 0.1) is 19.3 Å². The molecular formula is C24H32N4O2. The zero-order valence-corrected chi connectivity index (χ0v) is 17.8. The van der Waals surface area contributed by atoms with Gasteiger partial charge in [-0.25, -0.2) is 0 Å². The van der Waals surface area contributed by atoms with Crippen LogP contribution >= 0.6 is 0 Å². The molecule has 2 heterocycles. The fraction of sp³-hybridized carbons (Fsp3) is 0.458. The topological polar surface area (TPSA) is 48.1 Å². The molecule has 0 bridgehead atoms. The lowest BCUT2D eigenvalue weighted by Crippen LogP contribution is -2.48. The minimum Gasteiger partial charge on any atom is -0.495 e. The van der Waals surface area contributed by atoms with Crippen molar-refractivity contribution >= 4 is 23.0 Å². The average Bonchev–Trinajstić information content (AvgIpc) is 2.80. The molecular weight excluding hydrogens is 376 g/mol. The molecule has 2 aromatic rings. The molecule has 0 saturated carbocycles. The lowest BCUT2D eigenvalue weighted by atomic mass is 10.1. The summed E-state index contributed by atoms with van der Waals surface area (Å²) in [5.74, 6) is 0.947. The molecule has 0 aromatic heterocycles. The summed E-state index contributed by atoms with van der Waals surface area (Å²) in [7, 11) is 1.71. The Morgan fingerprint density at radius 1 is 0.867 bits per heavy atom. The average molecular weight is 409 g/mol. The van der Waals surface area contributed by atoms with Crippen molar-refractivity contribution in [3.05, 3.63) is 48.5 Å². The largest absolute Gasteiger partial charge is 0.495 e. The van der Waals surface area contributed by atoms with Crippen LogP contribution in [0, 0.1) is 0 Å². The molecule has 2 aliphatic rings. The van der Waals surface area contributed by atoms with Crippen LogP contribution < -0.4 is 19.9 Å². The number of hydrogen-bond acceptors (Lipinski definition) is 5. The molecule has 6 heteroatoms. The van der Waals surface area contributed by atoms with Gasteiger partial charge >= 0.3 is 0 Å².